The Morgan fingerprint density at radius 1 is 1.22 bits per heavy atom. The van der Waals surface area contributed by atoms with Gasteiger partial charge in [-0.3, -0.25) is 0 Å². The summed E-state index contributed by atoms with van der Waals surface area (Å²) in [6.07, 6.45) is 0. The summed E-state index contributed by atoms with van der Waals surface area (Å²) >= 11 is 1.59. The first kappa shape index (κ1) is 17.5. The second-order valence-corrected chi connectivity index (χ2v) is 6.60. The van der Waals surface area contributed by atoms with Crippen LogP contribution in [0.3, 0.4) is 0 Å². The summed E-state index contributed by atoms with van der Waals surface area (Å²) in [5.74, 6) is 0.712. The molecule has 0 amide bonds. The molecule has 0 radical (unpaired) electrons. The smallest absolute Gasteiger partial charge is 0.191 e. The Kier molecular flexibility index (Phi) is 6.19. The Hall–Kier alpha value is -1.85. The topological polar surface area (TPSA) is 56.7 Å². The number of nitrogens with zero attached hydrogens (tertiary/aromatic N) is 1. The quantitative estimate of drug-likeness (QED) is 0.563. The Morgan fingerprint density at radius 2 is 1.96 bits per heavy atom. The van der Waals surface area contributed by atoms with E-state index >= 15 is 0 Å². The van der Waals surface area contributed by atoms with Crippen molar-refractivity contribution < 1.29 is 5.11 Å². The lowest BCUT2D eigenvalue weighted by molar-refractivity contribution is 0.0621. The van der Waals surface area contributed by atoms with E-state index in [4.69, 9.17) is 0 Å². The van der Waals surface area contributed by atoms with E-state index in [0.717, 1.165) is 17.7 Å². The highest BCUT2D eigenvalue weighted by Crippen LogP contribution is 2.21. The average molecular weight is 331 g/mol. The van der Waals surface area contributed by atoms with Crippen molar-refractivity contribution in [2.75, 3.05) is 13.1 Å². The van der Waals surface area contributed by atoms with Gasteiger partial charge in [0.25, 0.3) is 0 Å². The zero-order valence-electron chi connectivity index (χ0n) is 14.0. The first-order valence-electron chi connectivity index (χ1n) is 7.84. The summed E-state index contributed by atoms with van der Waals surface area (Å²) in [4.78, 5) is 4.58. The van der Waals surface area contributed by atoms with Crippen molar-refractivity contribution in [3.8, 4) is 0 Å². The van der Waals surface area contributed by atoms with Gasteiger partial charge >= 0.3 is 0 Å². The fourth-order valence-corrected chi connectivity index (χ4v) is 2.92. The van der Waals surface area contributed by atoms with E-state index < -0.39 is 5.60 Å². The van der Waals surface area contributed by atoms with Crippen LogP contribution in [-0.2, 0) is 12.1 Å². The largest absolute Gasteiger partial charge is 0.384 e. The van der Waals surface area contributed by atoms with E-state index in [-0.39, 0.29) is 0 Å². The highest BCUT2D eigenvalue weighted by Gasteiger charge is 2.23. The van der Waals surface area contributed by atoms with E-state index in [2.05, 4.69) is 46.8 Å². The van der Waals surface area contributed by atoms with Crippen LogP contribution < -0.4 is 10.6 Å². The third-order valence-electron chi connectivity index (χ3n) is 3.63. The van der Waals surface area contributed by atoms with Gasteiger partial charge in [0.1, 0.15) is 5.60 Å². The molecule has 0 saturated heterocycles. The number of guanidine groups is 1. The molecule has 1 aromatic heterocycles. The van der Waals surface area contributed by atoms with Crippen molar-refractivity contribution in [2.24, 2.45) is 4.99 Å². The van der Waals surface area contributed by atoms with Gasteiger partial charge in [-0.2, -0.15) is 11.3 Å². The molecule has 0 saturated carbocycles. The van der Waals surface area contributed by atoms with E-state index in [0.29, 0.717) is 19.0 Å². The lowest BCUT2D eigenvalue weighted by atomic mass is 9.99. The molecular weight excluding hydrogens is 306 g/mol. The summed E-state index contributed by atoms with van der Waals surface area (Å²) in [6, 6.07) is 10.3. The molecule has 5 heteroatoms. The summed E-state index contributed by atoms with van der Waals surface area (Å²) in [6.45, 7) is 7.71. The molecular formula is C18H25N3OS. The normalized spacial score (nSPS) is 14.3. The number of aryl methyl sites for hydroxylation is 1. The van der Waals surface area contributed by atoms with Crippen LogP contribution in [0.5, 0.6) is 0 Å². The summed E-state index contributed by atoms with van der Waals surface area (Å²) < 4.78 is 0. The molecule has 0 bridgehead atoms. The third kappa shape index (κ3) is 5.37. The standard InChI is InChI=1S/C18H25N3OS/c1-4-19-17(20-11-15-7-5-14(2)6-8-15)21-13-18(3,22)16-9-10-23-12-16/h5-10,12,22H,4,11,13H2,1-3H3,(H2,19,20,21). The van der Waals surface area contributed by atoms with E-state index in [9.17, 15) is 5.11 Å². The maximum absolute atomic E-state index is 10.6. The molecule has 3 N–H and O–H groups in total. The predicted molar refractivity (Wildman–Crippen MR) is 97.9 cm³/mol. The minimum atomic E-state index is -0.917. The lowest BCUT2D eigenvalue weighted by Gasteiger charge is -2.24. The Labute approximate surface area is 142 Å². The van der Waals surface area contributed by atoms with Gasteiger partial charge in [0, 0.05) is 6.54 Å². The van der Waals surface area contributed by atoms with Crippen LogP contribution in [0.4, 0.5) is 0 Å². The molecule has 1 unspecified atom stereocenters. The highest BCUT2D eigenvalue weighted by atomic mass is 32.1. The molecule has 0 aliphatic carbocycles. The second kappa shape index (κ2) is 8.13. The molecule has 1 atom stereocenters. The lowest BCUT2D eigenvalue weighted by Crippen LogP contribution is -2.44. The summed E-state index contributed by atoms with van der Waals surface area (Å²) in [5, 5.41) is 20.9. The molecule has 2 aromatic rings. The maximum Gasteiger partial charge on any atom is 0.191 e. The molecule has 0 aliphatic heterocycles. The van der Waals surface area contributed by atoms with Gasteiger partial charge in [0.05, 0.1) is 13.1 Å². The number of hydrogen-bond donors (Lipinski definition) is 3. The van der Waals surface area contributed by atoms with Crippen LogP contribution >= 0.6 is 11.3 Å². The molecule has 4 nitrogen and oxygen atoms in total. The number of rotatable bonds is 6. The van der Waals surface area contributed by atoms with Crippen LogP contribution in [0.15, 0.2) is 46.1 Å². The molecule has 124 valence electrons. The number of nitrogens with one attached hydrogen (secondary N) is 2. The van der Waals surface area contributed by atoms with Crippen LogP contribution in [-0.4, -0.2) is 24.2 Å². The highest BCUT2D eigenvalue weighted by molar-refractivity contribution is 7.08. The van der Waals surface area contributed by atoms with Gasteiger partial charge in [-0.15, -0.1) is 0 Å². The van der Waals surface area contributed by atoms with Gasteiger partial charge in [0.15, 0.2) is 5.96 Å². The first-order chi connectivity index (χ1) is 11.0. The summed E-state index contributed by atoms with van der Waals surface area (Å²) in [7, 11) is 0. The Balaban J connectivity index is 1.97. The molecule has 0 fully saturated rings. The fraction of sp³-hybridized carbons (Fsp3) is 0.389. The van der Waals surface area contributed by atoms with Crippen LogP contribution in [0.25, 0.3) is 0 Å². The molecule has 0 spiro atoms. The summed E-state index contributed by atoms with van der Waals surface area (Å²) in [5.41, 5.74) is 2.41. The predicted octanol–water partition coefficient (Wildman–Crippen LogP) is 3.02. The van der Waals surface area contributed by atoms with Gasteiger partial charge in [-0.25, -0.2) is 4.99 Å². The number of hydrogen-bond acceptors (Lipinski definition) is 3. The van der Waals surface area contributed by atoms with Gasteiger partial charge in [0.2, 0.25) is 0 Å². The van der Waals surface area contributed by atoms with Crippen LogP contribution in [0.2, 0.25) is 0 Å². The minimum absolute atomic E-state index is 0.406. The molecule has 1 heterocycles. The second-order valence-electron chi connectivity index (χ2n) is 5.82. The number of thiophene rings is 1. The van der Waals surface area contributed by atoms with Crippen molar-refractivity contribution in [1.29, 1.82) is 0 Å². The maximum atomic E-state index is 10.6. The van der Waals surface area contributed by atoms with Gasteiger partial charge in [-0.1, -0.05) is 29.8 Å². The Morgan fingerprint density at radius 3 is 2.57 bits per heavy atom. The minimum Gasteiger partial charge on any atom is -0.384 e. The molecule has 23 heavy (non-hydrogen) atoms. The van der Waals surface area contributed by atoms with E-state index in [1.807, 2.05) is 30.7 Å². The van der Waals surface area contributed by atoms with Gasteiger partial charge < -0.3 is 15.7 Å². The molecule has 2 rings (SSSR count). The number of benzene rings is 1. The van der Waals surface area contributed by atoms with Crippen molar-refractivity contribution in [3.05, 3.63) is 57.8 Å². The monoisotopic (exact) mass is 331 g/mol. The van der Waals surface area contributed by atoms with Crippen molar-refractivity contribution in [2.45, 2.75) is 32.9 Å². The van der Waals surface area contributed by atoms with E-state index in [1.54, 1.807) is 11.3 Å². The van der Waals surface area contributed by atoms with E-state index in [1.165, 1.54) is 5.56 Å². The molecule has 1 aromatic carbocycles. The molecule has 0 aliphatic rings. The third-order valence-corrected chi connectivity index (χ3v) is 4.31. The van der Waals surface area contributed by atoms with Crippen LogP contribution in [0.1, 0.15) is 30.5 Å². The van der Waals surface area contributed by atoms with Crippen molar-refractivity contribution >= 4 is 17.3 Å². The zero-order valence-corrected chi connectivity index (χ0v) is 14.8. The number of aliphatic hydroxyl groups is 1. The first-order valence-corrected chi connectivity index (χ1v) is 8.78. The van der Waals surface area contributed by atoms with Gasteiger partial charge in [-0.05, 0) is 48.7 Å². The van der Waals surface area contributed by atoms with Crippen LogP contribution in [0, 0.1) is 6.92 Å². The zero-order chi connectivity index (χ0) is 16.7. The average Bonchev–Trinajstić information content (AvgIpc) is 3.07. The number of aliphatic imine (C=N–C) groups is 1. The van der Waals surface area contributed by atoms with Crippen molar-refractivity contribution in [1.82, 2.24) is 10.6 Å². The fourth-order valence-electron chi connectivity index (χ4n) is 2.13. The SMILES string of the molecule is CCNC(=NCc1ccc(C)cc1)NCC(C)(O)c1ccsc1. The van der Waals surface area contributed by atoms with Crippen molar-refractivity contribution in [3.63, 3.8) is 0 Å². The Bertz CT molecular complexity index is 618.